The Kier molecular flexibility index (Phi) is 3.92. The number of fused-ring (bicyclic) bond motifs is 1. The van der Waals surface area contributed by atoms with E-state index in [-0.39, 0.29) is 11.5 Å². The molecule has 23 heavy (non-hydrogen) atoms. The predicted octanol–water partition coefficient (Wildman–Crippen LogP) is 4.19. The van der Waals surface area contributed by atoms with Crippen molar-refractivity contribution in [2.45, 2.75) is 13.8 Å². The van der Waals surface area contributed by atoms with Crippen LogP contribution in [0.4, 0.5) is 0 Å². The summed E-state index contributed by atoms with van der Waals surface area (Å²) in [5.74, 6) is 0.325. The van der Waals surface area contributed by atoms with E-state index in [1.54, 1.807) is 43.3 Å². The van der Waals surface area contributed by atoms with Crippen molar-refractivity contribution in [3.63, 3.8) is 0 Å². The molecule has 0 unspecified atom stereocenters. The van der Waals surface area contributed by atoms with Gasteiger partial charge in [0.15, 0.2) is 5.76 Å². The molecular weight excluding hydrogens is 316 g/mol. The molecule has 3 rings (SSSR count). The fraction of sp³-hybridized carbons (Fsp3) is 0.111. The van der Waals surface area contributed by atoms with Crippen LogP contribution in [-0.4, -0.2) is 11.8 Å². The average molecular weight is 329 g/mol. The number of rotatable bonds is 2. The third-order valence-corrected chi connectivity index (χ3v) is 3.59. The van der Waals surface area contributed by atoms with Crippen LogP contribution in [0.2, 0.25) is 5.02 Å². The molecule has 2 aromatic rings. The van der Waals surface area contributed by atoms with Crippen LogP contribution in [-0.2, 0) is 4.79 Å². The van der Waals surface area contributed by atoms with Crippen LogP contribution >= 0.6 is 11.6 Å². The molecule has 4 nitrogen and oxygen atoms in total. The summed E-state index contributed by atoms with van der Waals surface area (Å²) in [5, 5.41) is 0.579. The molecule has 0 N–H and O–H groups in total. The molecule has 116 valence electrons. The van der Waals surface area contributed by atoms with Gasteiger partial charge in [-0.15, -0.1) is 0 Å². The van der Waals surface area contributed by atoms with Crippen LogP contribution in [0.5, 0.6) is 11.5 Å². The molecule has 1 heterocycles. The van der Waals surface area contributed by atoms with Crippen molar-refractivity contribution >= 4 is 29.4 Å². The van der Waals surface area contributed by atoms with Gasteiger partial charge in [-0.1, -0.05) is 23.7 Å². The third-order valence-electron chi connectivity index (χ3n) is 3.35. The second kappa shape index (κ2) is 5.89. The highest BCUT2D eigenvalue weighted by Gasteiger charge is 2.30. The number of ether oxygens (including phenoxy) is 2. The third kappa shape index (κ3) is 3.12. The number of aryl methyl sites for hydroxylation is 1. The summed E-state index contributed by atoms with van der Waals surface area (Å²) in [7, 11) is 0. The molecule has 2 aromatic carbocycles. The molecular formula is C18H13ClO4. The number of halogens is 1. The SMILES string of the molecule is CC(=O)Oc1cc(C)c2c(c1)O/C(=C\c1cccc(Cl)c1)C2=O. The second-order valence-corrected chi connectivity index (χ2v) is 5.64. The first-order valence-electron chi connectivity index (χ1n) is 6.97. The highest BCUT2D eigenvalue weighted by Crippen LogP contribution is 2.37. The summed E-state index contributed by atoms with van der Waals surface area (Å²) in [6, 6.07) is 10.3. The molecule has 0 aliphatic carbocycles. The average Bonchev–Trinajstić information content (AvgIpc) is 2.75. The number of allylic oxidation sites excluding steroid dienone is 1. The summed E-state index contributed by atoms with van der Waals surface area (Å²) in [4.78, 5) is 23.6. The second-order valence-electron chi connectivity index (χ2n) is 5.20. The first-order valence-corrected chi connectivity index (χ1v) is 7.35. The Hall–Kier alpha value is -2.59. The van der Waals surface area contributed by atoms with Crippen molar-refractivity contribution in [2.75, 3.05) is 0 Å². The van der Waals surface area contributed by atoms with E-state index >= 15 is 0 Å². The minimum Gasteiger partial charge on any atom is -0.452 e. The Morgan fingerprint density at radius 1 is 1.26 bits per heavy atom. The van der Waals surface area contributed by atoms with Crippen LogP contribution in [0.3, 0.4) is 0 Å². The zero-order valence-electron chi connectivity index (χ0n) is 12.6. The minimum atomic E-state index is -0.427. The maximum Gasteiger partial charge on any atom is 0.308 e. The monoisotopic (exact) mass is 328 g/mol. The lowest BCUT2D eigenvalue weighted by Crippen LogP contribution is -2.02. The fourth-order valence-corrected chi connectivity index (χ4v) is 2.65. The molecule has 1 aliphatic heterocycles. The van der Waals surface area contributed by atoms with Gasteiger partial charge in [-0.05, 0) is 42.3 Å². The van der Waals surface area contributed by atoms with Crippen LogP contribution in [0, 0.1) is 6.92 Å². The molecule has 0 amide bonds. The van der Waals surface area contributed by atoms with Gasteiger partial charge in [-0.25, -0.2) is 0 Å². The van der Waals surface area contributed by atoms with Gasteiger partial charge in [-0.2, -0.15) is 0 Å². The highest BCUT2D eigenvalue weighted by molar-refractivity contribution is 6.30. The van der Waals surface area contributed by atoms with Gasteiger partial charge in [0.25, 0.3) is 0 Å². The molecule has 0 saturated heterocycles. The van der Waals surface area contributed by atoms with Gasteiger partial charge >= 0.3 is 5.97 Å². The molecule has 1 aliphatic rings. The quantitative estimate of drug-likeness (QED) is 0.471. The molecule has 0 bridgehead atoms. The number of benzene rings is 2. The van der Waals surface area contributed by atoms with Crippen LogP contribution < -0.4 is 9.47 Å². The Balaban J connectivity index is 1.98. The summed E-state index contributed by atoms with van der Waals surface area (Å²) in [5.41, 5.74) is 1.94. The lowest BCUT2D eigenvalue weighted by Gasteiger charge is -2.05. The van der Waals surface area contributed by atoms with Crippen molar-refractivity contribution in [2.24, 2.45) is 0 Å². The van der Waals surface area contributed by atoms with E-state index in [4.69, 9.17) is 21.1 Å². The van der Waals surface area contributed by atoms with Gasteiger partial charge in [0.2, 0.25) is 5.78 Å². The lowest BCUT2D eigenvalue weighted by molar-refractivity contribution is -0.131. The number of ketones is 1. The first-order chi connectivity index (χ1) is 10.9. The standard InChI is InChI=1S/C18H13ClO4/c1-10-6-14(22-11(2)20)9-15-17(10)18(21)16(23-15)8-12-4-3-5-13(19)7-12/h3-9H,1-2H3/b16-8-. The van der Waals surface area contributed by atoms with Crippen LogP contribution in [0.1, 0.15) is 28.4 Å². The molecule has 0 saturated carbocycles. The van der Waals surface area contributed by atoms with Crippen molar-refractivity contribution in [3.05, 3.63) is 63.9 Å². The topological polar surface area (TPSA) is 52.6 Å². The summed E-state index contributed by atoms with van der Waals surface area (Å²) < 4.78 is 10.7. The van der Waals surface area contributed by atoms with Crippen molar-refractivity contribution in [1.29, 1.82) is 0 Å². The first kappa shape index (κ1) is 15.3. The number of carbonyl (C=O) groups is 2. The maximum absolute atomic E-state index is 12.5. The Labute approximate surface area is 138 Å². The molecule has 0 fully saturated rings. The number of hydrogen-bond donors (Lipinski definition) is 0. The fourth-order valence-electron chi connectivity index (χ4n) is 2.45. The predicted molar refractivity (Wildman–Crippen MR) is 86.9 cm³/mol. The molecule has 0 spiro atoms. The number of esters is 1. The smallest absolute Gasteiger partial charge is 0.308 e. The van der Waals surface area contributed by atoms with E-state index < -0.39 is 5.97 Å². The zero-order chi connectivity index (χ0) is 16.6. The van der Waals surface area contributed by atoms with E-state index in [1.807, 2.05) is 6.07 Å². The molecule has 5 heteroatoms. The molecule has 0 aromatic heterocycles. The van der Waals surface area contributed by atoms with Crippen molar-refractivity contribution < 1.29 is 19.1 Å². The zero-order valence-corrected chi connectivity index (χ0v) is 13.3. The lowest BCUT2D eigenvalue weighted by atomic mass is 10.0. The number of hydrogen-bond acceptors (Lipinski definition) is 4. The van der Waals surface area contributed by atoms with Crippen LogP contribution in [0.25, 0.3) is 6.08 Å². The highest BCUT2D eigenvalue weighted by atomic mass is 35.5. The van der Waals surface area contributed by atoms with Gasteiger partial charge < -0.3 is 9.47 Å². The normalized spacial score (nSPS) is 14.6. The Morgan fingerprint density at radius 2 is 2.04 bits per heavy atom. The summed E-state index contributed by atoms with van der Waals surface area (Å²) in [6.45, 7) is 3.09. The largest absolute Gasteiger partial charge is 0.452 e. The summed E-state index contributed by atoms with van der Waals surface area (Å²) >= 11 is 5.95. The van der Waals surface area contributed by atoms with Crippen molar-refractivity contribution in [1.82, 2.24) is 0 Å². The van der Waals surface area contributed by atoms with Gasteiger partial charge in [-0.3, -0.25) is 9.59 Å². The molecule has 0 radical (unpaired) electrons. The van der Waals surface area contributed by atoms with Crippen LogP contribution in [0.15, 0.2) is 42.2 Å². The number of Topliss-reactive ketones (excluding diaryl/α,β-unsaturated/α-hetero) is 1. The number of carbonyl (C=O) groups excluding carboxylic acids is 2. The van der Waals surface area contributed by atoms with Gasteiger partial charge in [0.1, 0.15) is 11.5 Å². The van der Waals surface area contributed by atoms with E-state index in [2.05, 4.69) is 0 Å². The summed E-state index contributed by atoms with van der Waals surface area (Å²) in [6.07, 6.45) is 1.64. The van der Waals surface area contributed by atoms with E-state index in [0.717, 1.165) is 5.56 Å². The van der Waals surface area contributed by atoms with Crippen molar-refractivity contribution in [3.8, 4) is 11.5 Å². The Morgan fingerprint density at radius 3 is 2.74 bits per heavy atom. The minimum absolute atomic E-state index is 0.202. The van der Waals surface area contributed by atoms with Gasteiger partial charge in [0.05, 0.1) is 5.56 Å². The maximum atomic E-state index is 12.5. The van der Waals surface area contributed by atoms with E-state index in [0.29, 0.717) is 27.6 Å². The Bertz CT molecular complexity index is 852. The van der Waals surface area contributed by atoms with E-state index in [1.165, 1.54) is 6.92 Å². The van der Waals surface area contributed by atoms with Gasteiger partial charge in [0, 0.05) is 18.0 Å². The van der Waals surface area contributed by atoms with E-state index in [9.17, 15) is 9.59 Å². The molecule has 0 atom stereocenters.